The number of rotatable bonds is 5. The second-order valence-corrected chi connectivity index (χ2v) is 3.31. The Morgan fingerprint density at radius 3 is 2.71 bits per heavy atom. The monoisotopic (exact) mass is 240 g/mol. The Morgan fingerprint density at radius 1 is 1.47 bits per heavy atom. The van der Waals surface area contributed by atoms with Crippen molar-refractivity contribution in [2.75, 3.05) is 18.9 Å². The summed E-state index contributed by atoms with van der Waals surface area (Å²) in [6, 6.07) is 0. The molecule has 0 aliphatic heterocycles. The summed E-state index contributed by atoms with van der Waals surface area (Å²) in [5.74, 6) is -0.989. The first kappa shape index (κ1) is 13.0. The lowest BCUT2D eigenvalue weighted by molar-refractivity contribution is -0.141. The Hall–Kier alpha value is -2.05. The number of ether oxygens (including phenoxy) is 1. The van der Waals surface area contributed by atoms with E-state index in [1.165, 1.54) is 0 Å². The molecule has 0 fully saturated rings. The summed E-state index contributed by atoms with van der Waals surface area (Å²) in [7, 11) is 0. The number of carbonyl (C=O) groups is 2. The van der Waals surface area contributed by atoms with Crippen LogP contribution >= 0.6 is 0 Å². The van der Waals surface area contributed by atoms with Crippen molar-refractivity contribution in [2.24, 2.45) is 0 Å². The maximum absolute atomic E-state index is 11.6. The van der Waals surface area contributed by atoms with E-state index < -0.39 is 11.9 Å². The van der Waals surface area contributed by atoms with E-state index in [4.69, 9.17) is 5.73 Å². The lowest BCUT2D eigenvalue weighted by atomic mass is 10.2. The van der Waals surface area contributed by atoms with Gasteiger partial charge in [-0.05, 0) is 13.3 Å². The Bertz CT molecular complexity index is 414. The van der Waals surface area contributed by atoms with Crippen molar-refractivity contribution in [1.29, 1.82) is 0 Å². The lowest BCUT2D eigenvalue weighted by Gasteiger charge is -2.03. The maximum atomic E-state index is 11.6. The third-order valence-corrected chi connectivity index (χ3v) is 2.15. The predicted molar refractivity (Wildman–Crippen MR) is 61.3 cm³/mol. The van der Waals surface area contributed by atoms with E-state index in [0.717, 1.165) is 0 Å². The number of H-pyrrole nitrogens is 1. The molecule has 4 N–H and O–H groups in total. The van der Waals surface area contributed by atoms with Gasteiger partial charge in [-0.25, -0.2) is 0 Å². The van der Waals surface area contributed by atoms with Crippen LogP contribution in [0.1, 0.15) is 30.0 Å². The van der Waals surface area contributed by atoms with Crippen molar-refractivity contribution in [2.45, 2.75) is 20.3 Å². The van der Waals surface area contributed by atoms with Crippen LogP contribution in [0.25, 0.3) is 0 Å². The summed E-state index contributed by atoms with van der Waals surface area (Å²) in [6.07, 6.45) is 0.657. The van der Waals surface area contributed by atoms with Crippen LogP contribution < -0.4 is 11.1 Å². The minimum absolute atomic E-state index is 0.103. The number of anilines is 1. The number of nitrogens with one attached hydrogen (secondary N) is 2. The summed E-state index contributed by atoms with van der Waals surface area (Å²) in [5.41, 5.74) is 6.83. The molecule has 1 amide bonds. The Morgan fingerprint density at radius 2 is 2.18 bits per heavy atom. The molecule has 0 saturated carbocycles. The highest BCUT2D eigenvalue weighted by molar-refractivity contribution is 5.98. The van der Waals surface area contributed by atoms with E-state index in [2.05, 4.69) is 20.3 Å². The number of carbonyl (C=O) groups excluding carboxylic acids is 2. The van der Waals surface area contributed by atoms with E-state index in [1.54, 1.807) is 6.92 Å². The molecule has 94 valence electrons. The first-order valence-electron chi connectivity index (χ1n) is 5.36. The molecular formula is C10H16N4O3. The van der Waals surface area contributed by atoms with Crippen LogP contribution in [0.3, 0.4) is 0 Å². The van der Waals surface area contributed by atoms with Crippen molar-refractivity contribution in [3.05, 3.63) is 11.4 Å². The van der Waals surface area contributed by atoms with Crippen LogP contribution in [0.2, 0.25) is 0 Å². The number of aromatic nitrogens is 2. The Balaban J connectivity index is 2.58. The van der Waals surface area contributed by atoms with Gasteiger partial charge in [0, 0.05) is 0 Å². The number of amides is 1. The van der Waals surface area contributed by atoms with E-state index in [0.29, 0.717) is 17.8 Å². The van der Waals surface area contributed by atoms with Crippen LogP contribution in [0, 0.1) is 0 Å². The van der Waals surface area contributed by atoms with Crippen molar-refractivity contribution in [3.63, 3.8) is 0 Å². The van der Waals surface area contributed by atoms with Crippen molar-refractivity contribution in [1.82, 2.24) is 15.5 Å². The molecule has 1 heterocycles. The number of nitrogen functional groups attached to an aromatic ring is 1. The number of esters is 1. The van der Waals surface area contributed by atoms with E-state index in [9.17, 15) is 9.59 Å². The molecule has 0 atom stereocenters. The Kier molecular flexibility index (Phi) is 4.50. The van der Waals surface area contributed by atoms with Gasteiger partial charge in [-0.15, -0.1) is 0 Å². The molecule has 1 aromatic heterocycles. The first-order chi connectivity index (χ1) is 8.10. The van der Waals surface area contributed by atoms with Crippen LogP contribution in [0.15, 0.2) is 0 Å². The molecule has 1 aromatic rings. The Labute approximate surface area is 98.7 Å². The van der Waals surface area contributed by atoms with Gasteiger partial charge in [-0.1, -0.05) is 6.92 Å². The molecule has 0 unspecified atom stereocenters. The zero-order valence-electron chi connectivity index (χ0n) is 9.87. The molecule has 0 radical (unpaired) electrons. The number of hydrogen-bond donors (Lipinski definition) is 3. The number of nitrogens with two attached hydrogens (primary N) is 1. The zero-order chi connectivity index (χ0) is 12.8. The highest BCUT2D eigenvalue weighted by Gasteiger charge is 2.16. The maximum Gasteiger partial charge on any atom is 0.325 e. The quantitative estimate of drug-likeness (QED) is 0.620. The fraction of sp³-hybridized carbons (Fsp3) is 0.500. The van der Waals surface area contributed by atoms with Crippen LogP contribution in [-0.2, 0) is 16.0 Å². The summed E-state index contributed by atoms with van der Waals surface area (Å²) in [5, 5.41) is 8.85. The molecule has 7 nitrogen and oxygen atoms in total. The summed E-state index contributed by atoms with van der Waals surface area (Å²) < 4.78 is 4.67. The third kappa shape index (κ3) is 3.20. The lowest BCUT2D eigenvalue weighted by Crippen LogP contribution is -2.31. The van der Waals surface area contributed by atoms with Gasteiger partial charge in [0.25, 0.3) is 5.91 Å². The van der Waals surface area contributed by atoms with E-state index in [1.807, 2.05) is 6.92 Å². The van der Waals surface area contributed by atoms with E-state index >= 15 is 0 Å². The fourth-order valence-corrected chi connectivity index (χ4v) is 1.28. The second-order valence-electron chi connectivity index (χ2n) is 3.31. The van der Waals surface area contributed by atoms with Crippen LogP contribution in [0.4, 0.5) is 5.69 Å². The van der Waals surface area contributed by atoms with Gasteiger partial charge in [0.15, 0.2) is 5.69 Å². The van der Waals surface area contributed by atoms with Gasteiger partial charge in [-0.3, -0.25) is 14.7 Å². The van der Waals surface area contributed by atoms with Gasteiger partial charge in [-0.2, -0.15) is 5.10 Å². The molecule has 17 heavy (non-hydrogen) atoms. The van der Waals surface area contributed by atoms with Gasteiger partial charge < -0.3 is 15.8 Å². The standard InChI is InChI=1S/C10H16N4O3/c1-3-6-8(11)9(14-13-6)10(16)12-5-7(15)17-4-2/h3-5,11H2,1-2H3,(H,12,16)(H,13,14). The topological polar surface area (TPSA) is 110 Å². The van der Waals surface area contributed by atoms with Gasteiger partial charge in [0.05, 0.1) is 18.0 Å². The van der Waals surface area contributed by atoms with Gasteiger partial charge in [0.2, 0.25) is 0 Å². The third-order valence-electron chi connectivity index (χ3n) is 2.15. The minimum Gasteiger partial charge on any atom is -0.465 e. The molecule has 0 spiro atoms. The molecule has 0 aliphatic rings. The highest BCUT2D eigenvalue weighted by Crippen LogP contribution is 2.13. The van der Waals surface area contributed by atoms with Crippen molar-refractivity contribution >= 4 is 17.6 Å². The molecule has 7 heteroatoms. The first-order valence-corrected chi connectivity index (χ1v) is 5.36. The van der Waals surface area contributed by atoms with Crippen molar-refractivity contribution < 1.29 is 14.3 Å². The number of nitrogens with zero attached hydrogens (tertiary/aromatic N) is 1. The number of hydrogen-bond acceptors (Lipinski definition) is 5. The second kappa shape index (κ2) is 5.88. The van der Waals surface area contributed by atoms with E-state index in [-0.39, 0.29) is 18.8 Å². The number of aryl methyl sites for hydroxylation is 1. The summed E-state index contributed by atoms with van der Waals surface area (Å²) in [6.45, 7) is 3.67. The summed E-state index contributed by atoms with van der Waals surface area (Å²) in [4.78, 5) is 22.7. The zero-order valence-corrected chi connectivity index (χ0v) is 9.87. The molecular weight excluding hydrogens is 224 g/mol. The molecule has 0 bridgehead atoms. The fourth-order valence-electron chi connectivity index (χ4n) is 1.28. The normalized spacial score (nSPS) is 10.0. The molecule has 0 aliphatic carbocycles. The molecule has 0 saturated heterocycles. The largest absolute Gasteiger partial charge is 0.465 e. The smallest absolute Gasteiger partial charge is 0.325 e. The number of aromatic amines is 1. The molecule has 1 rings (SSSR count). The van der Waals surface area contributed by atoms with Crippen LogP contribution in [0.5, 0.6) is 0 Å². The van der Waals surface area contributed by atoms with Gasteiger partial charge >= 0.3 is 5.97 Å². The average molecular weight is 240 g/mol. The predicted octanol–water partition coefficient (Wildman–Crippen LogP) is -0.153. The average Bonchev–Trinajstić information content (AvgIpc) is 2.68. The SMILES string of the molecule is CCOC(=O)CNC(=O)c1n[nH]c(CC)c1N. The summed E-state index contributed by atoms with van der Waals surface area (Å²) >= 11 is 0. The molecule has 0 aromatic carbocycles. The van der Waals surface area contributed by atoms with Crippen molar-refractivity contribution in [3.8, 4) is 0 Å². The highest BCUT2D eigenvalue weighted by atomic mass is 16.5. The minimum atomic E-state index is -0.495. The van der Waals surface area contributed by atoms with Crippen LogP contribution in [-0.4, -0.2) is 35.2 Å². The van der Waals surface area contributed by atoms with Gasteiger partial charge in [0.1, 0.15) is 6.54 Å².